The third-order valence-corrected chi connectivity index (χ3v) is 7.66. The van der Waals surface area contributed by atoms with Gasteiger partial charge in [-0.15, -0.1) is 11.8 Å². The average molecular weight is 434 g/mol. The van der Waals surface area contributed by atoms with Crippen molar-refractivity contribution >= 4 is 33.4 Å². The highest BCUT2D eigenvalue weighted by Gasteiger charge is 2.27. The second kappa shape index (κ2) is 10.1. The molecule has 0 spiro atoms. The van der Waals surface area contributed by atoms with E-state index in [2.05, 4.69) is 10.2 Å². The van der Waals surface area contributed by atoms with Gasteiger partial charge in [-0.2, -0.15) is 4.31 Å². The van der Waals surface area contributed by atoms with Gasteiger partial charge >= 0.3 is 0 Å². The summed E-state index contributed by atoms with van der Waals surface area (Å²) in [5.41, 5.74) is 1.70. The first kappa shape index (κ1) is 21.7. The van der Waals surface area contributed by atoms with Gasteiger partial charge in [0, 0.05) is 43.3 Å². The van der Waals surface area contributed by atoms with Gasteiger partial charge in [0.15, 0.2) is 0 Å². The molecule has 0 bridgehead atoms. The summed E-state index contributed by atoms with van der Waals surface area (Å²) in [6.07, 6.45) is 0. The summed E-state index contributed by atoms with van der Waals surface area (Å²) in [6, 6.07) is 17.4. The van der Waals surface area contributed by atoms with Crippen LogP contribution in [-0.4, -0.2) is 62.9 Å². The molecule has 1 fully saturated rings. The van der Waals surface area contributed by atoms with Crippen molar-refractivity contribution in [2.75, 3.05) is 49.1 Å². The fraction of sp³-hybridized carbons (Fsp3) is 0.381. The Morgan fingerprint density at radius 3 is 2.34 bits per heavy atom. The van der Waals surface area contributed by atoms with Crippen LogP contribution >= 0.6 is 11.8 Å². The van der Waals surface area contributed by atoms with Crippen LogP contribution in [0.5, 0.6) is 0 Å². The minimum atomic E-state index is -3.40. The smallest absolute Gasteiger partial charge is 0.252 e. The minimum Gasteiger partial charge on any atom is -0.369 e. The number of hydrogen-bond donors (Lipinski definition) is 1. The van der Waals surface area contributed by atoms with Crippen LogP contribution in [0.25, 0.3) is 0 Å². The number of carbonyl (C=O) groups excluding carboxylic acids is 1. The van der Waals surface area contributed by atoms with Crippen molar-refractivity contribution in [1.29, 1.82) is 0 Å². The number of nitrogens with one attached hydrogen (secondary N) is 1. The first-order valence-corrected chi connectivity index (χ1v) is 12.4. The summed E-state index contributed by atoms with van der Waals surface area (Å²) in [5.74, 6) is 0.548. The Hall–Kier alpha value is -2.03. The second-order valence-electron chi connectivity index (χ2n) is 6.72. The number of para-hydroxylation sites is 1. The van der Waals surface area contributed by atoms with Crippen molar-refractivity contribution in [2.24, 2.45) is 0 Å². The molecule has 1 amide bonds. The standard InChI is InChI=1S/C21H27N3O3S2/c1-2-28-20-11-7-6-10-19(20)21(25)22-12-17-29(26,27)24-15-13-23(14-16-24)18-8-4-3-5-9-18/h3-11H,2,12-17H2,1H3,(H,22,25). The number of carbonyl (C=O) groups is 1. The maximum Gasteiger partial charge on any atom is 0.252 e. The van der Waals surface area contributed by atoms with Gasteiger partial charge < -0.3 is 10.2 Å². The van der Waals surface area contributed by atoms with E-state index in [1.54, 1.807) is 17.8 Å². The molecule has 8 heteroatoms. The van der Waals surface area contributed by atoms with Crippen molar-refractivity contribution in [3.63, 3.8) is 0 Å². The highest BCUT2D eigenvalue weighted by Crippen LogP contribution is 2.22. The number of thioether (sulfide) groups is 1. The molecule has 1 saturated heterocycles. The highest BCUT2D eigenvalue weighted by molar-refractivity contribution is 7.99. The van der Waals surface area contributed by atoms with Crippen molar-refractivity contribution in [2.45, 2.75) is 11.8 Å². The van der Waals surface area contributed by atoms with Gasteiger partial charge in [-0.25, -0.2) is 8.42 Å². The summed E-state index contributed by atoms with van der Waals surface area (Å²) in [7, 11) is -3.40. The summed E-state index contributed by atoms with van der Waals surface area (Å²) in [5, 5.41) is 2.76. The van der Waals surface area contributed by atoms with E-state index in [0.29, 0.717) is 31.7 Å². The molecule has 0 saturated carbocycles. The van der Waals surface area contributed by atoms with Gasteiger partial charge in [-0.05, 0) is 30.0 Å². The van der Waals surface area contributed by atoms with Gasteiger partial charge in [-0.1, -0.05) is 37.3 Å². The third-order valence-electron chi connectivity index (χ3n) is 4.83. The number of amides is 1. The van der Waals surface area contributed by atoms with Crippen molar-refractivity contribution in [1.82, 2.24) is 9.62 Å². The molecule has 156 valence electrons. The van der Waals surface area contributed by atoms with Crippen molar-refractivity contribution < 1.29 is 13.2 Å². The molecule has 0 radical (unpaired) electrons. The van der Waals surface area contributed by atoms with Gasteiger partial charge in [0.1, 0.15) is 0 Å². The molecule has 0 atom stereocenters. The van der Waals surface area contributed by atoms with E-state index in [-0.39, 0.29) is 18.2 Å². The first-order valence-electron chi connectivity index (χ1n) is 9.79. The fourth-order valence-electron chi connectivity index (χ4n) is 3.32. The molecule has 0 aliphatic carbocycles. The quantitative estimate of drug-likeness (QED) is 0.648. The van der Waals surface area contributed by atoms with Crippen LogP contribution in [0.2, 0.25) is 0 Å². The topological polar surface area (TPSA) is 69.7 Å². The summed E-state index contributed by atoms with van der Waals surface area (Å²) < 4.78 is 26.9. The van der Waals surface area contributed by atoms with Crippen LogP contribution in [-0.2, 0) is 10.0 Å². The fourth-order valence-corrected chi connectivity index (χ4v) is 5.46. The molecule has 3 rings (SSSR count). The Balaban J connectivity index is 1.50. The van der Waals surface area contributed by atoms with Crippen LogP contribution in [0.15, 0.2) is 59.5 Å². The van der Waals surface area contributed by atoms with Gasteiger partial charge in [0.2, 0.25) is 10.0 Å². The van der Waals surface area contributed by atoms with Gasteiger partial charge in [-0.3, -0.25) is 4.79 Å². The maximum absolute atomic E-state index is 12.7. The van der Waals surface area contributed by atoms with E-state index in [1.165, 1.54) is 4.31 Å². The monoisotopic (exact) mass is 433 g/mol. The second-order valence-corrected chi connectivity index (χ2v) is 10.1. The first-order chi connectivity index (χ1) is 14.0. The lowest BCUT2D eigenvalue weighted by Gasteiger charge is -2.35. The molecule has 1 aliphatic rings. The van der Waals surface area contributed by atoms with Crippen LogP contribution in [0.4, 0.5) is 5.69 Å². The number of rotatable bonds is 8. The number of sulfonamides is 1. The highest BCUT2D eigenvalue weighted by atomic mass is 32.2. The lowest BCUT2D eigenvalue weighted by molar-refractivity contribution is 0.0953. The Morgan fingerprint density at radius 2 is 1.66 bits per heavy atom. The Kier molecular flexibility index (Phi) is 7.57. The minimum absolute atomic E-state index is 0.0901. The van der Waals surface area contributed by atoms with E-state index >= 15 is 0 Å². The van der Waals surface area contributed by atoms with Gasteiger partial charge in [0.25, 0.3) is 5.91 Å². The molecule has 2 aromatic carbocycles. The molecule has 1 N–H and O–H groups in total. The lowest BCUT2D eigenvalue weighted by Crippen LogP contribution is -2.50. The molecule has 29 heavy (non-hydrogen) atoms. The zero-order valence-corrected chi connectivity index (χ0v) is 18.2. The SMILES string of the molecule is CCSc1ccccc1C(=O)NCCS(=O)(=O)N1CCN(c2ccccc2)CC1. The largest absolute Gasteiger partial charge is 0.369 e. The summed E-state index contributed by atoms with van der Waals surface area (Å²) >= 11 is 1.60. The molecule has 1 aliphatic heterocycles. The predicted molar refractivity (Wildman–Crippen MR) is 119 cm³/mol. The molecule has 1 heterocycles. The van der Waals surface area contributed by atoms with E-state index in [4.69, 9.17) is 0 Å². The van der Waals surface area contributed by atoms with Gasteiger partial charge in [0.05, 0.1) is 11.3 Å². The number of nitrogens with zero attached hydrogens (tertiary/aromatic N) is 2. The van der Waals surface area contributed by atoms with Crippen molar-refractivity contribution in [3.8, 4) is 0 Å². The molecular weight excluding hydrogens is 406 g/mol. The number of hydrogen-bond acceptors (Lipinski definition) is 5. The van der Waals surface area contributed by atoms with E-state index in [1.807, 2.05) is 55.5 Å². The molecule has 0 unspecified atom stereocenters. The molecule has 2 aromatic rings. The number of anilines is 1. The van der Waals surface area contributed by atoms with Crippen LogP contribution < -0.4 is 10.2 Å². The zero-order valence-electron chi connectivity index (χ0n) is 16.6. The predicted octanol–water partition coefficient (Wildman–Crippen LogP) is 2.68. The summed E-state index contributed by atoms with van der Waals surface area (Å²) in [4.78, 5) is 15.6. The average Bonchev–Trinajstić information content (AvgIpc) is 2.75. The lowest BCUT2D eigenvalue weighted by atomic mass is 10.2. The number of piperazine rings is 1. The van der Waals surface area contributed by atoms with Crippen LogP contribution in [0, 0.1) is 0 Å². The van der Waals surface area contributed by atoms with E-state index in [9.17, 15) is 13.2 Å². The Labute approximate surface area is 177 Å². The van der Waals surface area contributed by atoms with E-state index < -0.39 is 10.0 Å². The Morgan fingerprint density at radius 1 is 1.00 bits per heavy atom. The molecule has 6 nitrogen and oxygen atoms in total. The Bertz CT molecular complexity index is 912. The number of benzene rings is 2. The normalized spacial score (nSPS) is 15.3. The van der Waals surface area contributed by atoms with Crippen LogP contribution in [0.3, 0.4) is 0 Å². The van der Waals surface area contributed by atoms with Crippen molar-refractivity contribution in [3.05, 3.63) is 60.2 Å². The summed E-state index contributed by atoms with van der Waals surface area (Å²) in [6.45, 7) is 4.38. The third kappa shape index (κ3) is 5.74. The van der Waals surface area contributed by atoms with E-state index in [0.717, 1.165) is 16.3 Å². The molecular formula is C21H27N3O3S2. The molecule has 0 aromatic heterocycles. The maximum atomic E-state index is 12.7. The van der Waals surface area contributed by atoms with Crippen LogP contribution in [0.1, 0.15) is 17.3 Å². The zero-order chi connectivity index (χ0) is 20.7.